The summed E-state index contributed by atoms with van der Waals surface area (Å²) in [6.45, 7) is 1.98. The van der Waals surface area contributed by atoms with Crippen LogP contribution in [-0.4, -0.2) is 25.7 Å². The average molecular weight is 411 g/mol. The number of benzene rings is 2. The van der Waals surface area contributed by atoms with E-state index >= 15 is 0 Å². The summed E-state index contributed by atoms with van der Waals surface area (Å²) in [5.74, 6) is 0.188. The van der Waals surface area contributed by atoms with Crippen LogP contribution in [0.1, 0.15) is 24.9 Å². The lowest BCUT2D eigenvalue weighted by atomic mass is 10.0. The normalized spacial score (nSPS) is 11.4. The smallest absolute Gasteiger partial charge is 0.319 e. The van der Waals surface area contributed by atoms with Gasteiger partial charge in [0.2, 0.25) is 0 Å². The maximum Gasteiger partial charge on any atom is 0.319 e. The molecule has 8 heteroatoms. The van der Waals surface area contributed by atoms with Gasteiger partial charge in [0.05, 0.1) is 36.9 Å². The first kappa shape index (κ1) is 20.9. The second-order valence-electron chi connectivity index (χ2n) is 5.56. The Morgan fingerprint density at radius 1 is 1.15 bits per heavy atom. The molecule has 0 spiro atoms. The third-order valence-corrected chi connectivity index (χ3v) is 4.22. The van der Waals surface area contributed by atoms with Gasteiger partial charge in [-0.25, -0.2) is 4.79 Å². The second-order valence-corrected chi connectivity index (χ2v) is 6.40. The number of carbonyl (C=O) groups excluding carboxylic acids is 2. The van der Waals surface area contributed by atoms with Gasteiger partial charge in [-0.3, -0.25) is 4.79 Å². The number of hydrogen-bond donors (Lipinski definition) is 2. The number of amides is 2. The van der Waals surface area contributed by atoms with Crippen molar-refractivity contribution in [1.82, 2.24) is 5.32 Å². The zero-order chi connectivity index (χ0) is 19.8. The van der Waals surface area contributed by atoms with Gasteiger partial charge in [-0.05, 0) is 42.8 Å². The van der Waals surface area contributed by atoms with Crippen molar-refractivity contribution in [3.63, 3.8) is 0 Å². The van der Waals surface area contributed by atoms with E-state index in [4.69, 9.17) is 32.7 Å². The number of hydrogen-bond acceptors (Lipinski definition) is 4. The quantitative estimate of drug-likeness (QED) is 0.641. The maximum absolute atomic E-state index is 12.4. The van der Waals surface area contributed by atoms with E-state index in [9.17, 15) is 9.59 Å². The number of urea groups is 1. The highest BCUT2D eigenvalue weighted by atomic mass is 35.5. The molecule has 0 aliphatic heterocycles. The van der Waals surface area contributed by atoms with Crippen molar-refractivity contribution in [3.05, 3.63) is 58.1 Å². The van der Waals surface area contributed by atoms with Crippen LogP contribution in [0.2, 0.25) is 10.0 Å². The molecular weight excluding hydrogens is 391 g/mol. The molecule has 144 valence electrons. The van der Waals surface area contributed by atoms with Crippen molar-refractivity contribution in [1.29, 1.82) is 0 Å². The Morgan fingerprint density at radius 2 is 1.93 bits per heavy atom. The van der Waals surface area contributed by atoms with Crippen LogP contribution in [0.15, 0.2) is 42.5 Å². The highest BCUT2D eigenvalue weighted by Crippen LogP contribution is 2.26. The van der Waals surface area contributed by atoms with E-state index in [-0.39, 0.29) is 13.0 Å². The molecule has 27 heavy (non-hydrogen) atoms. The Morgan fingerprint density at radius 3 is 2.63 bits per heavy atom. The maximum atomic E-state index is 12.4. The van der Waals surface area contributed by atoms with E-state index in [0.29, 0.717) is 27.0 Å². The molecule has 0 fully saturated rings. The molecule has 0 bridgehead atoms. The lowest BCUT2D eigenvalue weighted by Gasteiger charge is -2.20. The molecule has 2 N–H and O–H groups in total. The van der Waals surface area contributed by atoms with Crippen LogP contribution in [0.25, 0.3) is 0 Å². The van der Waals surface area contributed by atoms with Gasteiger partial charge in [0.25, 0.3) is 0 Å². The first-order valence-electron chi connectivity index (χ1n) is 8.25. The molecule has 2 rings (SSSR count). The summed E-state index contributed by atoms with van der Waals surface area (Å²) in [5.41, 5.74) is 1.07. The Hall–Kier alpha value is -2.44. The van der Waals surface area contributed by atoms with Crippen LogP contribution in [0.3, 0.4) is 0 Å². The second kappa shape index (κ2) is 10.0. The van der Waals surface area contributed by atoms with Crippen molar-refractivity contribution in [2.45, 2.75) is 19.4 Å². The van der Waals surface area contributed by atoms with Crippen molar-refractivity contribution < 1.29 is 19.1 Å². The number of esters is 1. The van der Waals surface area contributed by atoms with Crippen molar-refractivity contribution >= 4 is 40.9 Å². The number of nitrogens with one attached hydrogen (secondary N) is 2. The molecule has 0 saturated carbocycles. The monoisotopic (exact) mass is 410 g/mol. The molecule has 2 amide bonds. The Kier molecular flexibility index (Phi) is 7.76. The predicted molar refractivity (Wildman–Crippen MR) is 106 cm³/mol. The number of carbonyl (C=O) groups is 2. The van der Waals surface area contributed by atoms with Gasteiger partial charge in [-0.1, -0.05) is 35.3 Å². The van der Waals surface area contributed by atoms with Crippen LogP contribution in [-0.2, 0) is 9.53 Å². The first-order chi connectivity index (χ1) is 12.9. The number of methoxy groups -OCH3 is 1. The minimum atomic E-state index is -0.614. The summed E-state index contributed by atoms with van der Waals surface area (Å²) in [6.07, 6.45) is -0.0301. The SMILES string of the molecule is CCOC(=O)CC(NC(=O)Nc1cc(Cl)ccc1Cl)c1cccc(OC)c1. The minimum absolute atomic E-state index is 0.0301. The predicted octanol–water partition coefficient (Wildman–Crippen LogP) is 4.82. The molecule has 0 aliphatic carbocycles. The Labute approximate surface area is 167 Å². The Bertz CT molecular complexity index is 814. The lowest BCUT2D eigenvalue weighted by Crippen LogP contribution is -2.34. The lowest BCUT2D eigenvalue weighted by molar-refractivity contribution is -0.143. The summed E-state index contributed by atoms with van der Waals surface area (Å²) in [4.78, 5) is 24.4. The van der Waals surface area contributed by atoms with Crippen LogP contribution >= 0.6 is 23.2 Å². The molecule has 1 unspecified atom stereocenters. The van der Waals surface area contributed by atoms with Gasteiger partial charge in [-0.2, -0.15) is 0 Å². The first-order valence-corrected chi connectivity index (χ1v) is 9.00. The Balaban J connectivity index is 2.18. The third kappa shape index (κ3) is 6.34. The van der Waals surface area contributed by atoms with Crippen LogP contribution in [0, 0.1) is 0 Å². The molecular formula is C19H20Cl2N2O4. The van der Waals surface area contributed by atoms with Crippen LogP contribution in [0.5, 0.6) is 5.75 Å². The average Bonchev–Trinajstić information content (AvgIpc) is 2.64. The zero-order valence-electron chi connectivity index (χ0n) is 14.9. The van der Waals surface area contributed by atoms with Crippen molar-refractivity contribution in [2.24, 2.45) is 0 Å². The third-order valence-electron chi connectivity index (χ3n) is 3.65. The number of halogens is 2. The highest BCUT2D eigenvalue weighted by molar-refractivity contribution is 6.35. The number of anilines is 1. The summed E-state index contributed by atoms with van der Waals surface area (Å²) >= 11 is 12.0. The van der Waals surface area contributed by atoms with E-state index in [2.05, 4.69) is 10.6 Å². The van der Waals surface area contributed by atoms with E-state index in [1.165, 1.54) is 6.07 Å². The van der Waals surface area contributed by atoms with E-state index in [0.717, 1.165) is 0 Å². The molecule has 2 aromatic rings. The van der Waals surface area contributed by atoms with Gasteiger partial charge in [0, 0.05) is 5.02 Å². The van der Waals surface area contributed by atoms with Crippen molar-refractivity contribution in [2.75, 3.05) is 19.0 Å². The molecule has 1 atom stereocenters. The van der Waals surface area contributed by atoms with Gasteiger partial charge < -0.3 is 20.1 Å². The number of ether oxygens (including phenoxy) is 2. The topological polar surface area (TPSA) is 76.7 Å². The molecule has 0 aromatic heterocycles. The van der Waals surface area contributed by atoms with E-state index in [1.54, 1.807) is 50.4 Å². The minimum Gasteiger partial charge on any atom is -0.497 e. The summed E-state index contributed by atoms with van der Waals surface area (Å²) in [5, 5.41) is 6.18. The molecule has 6 nitrogen and oxygen atoms in total. The fourth-order valence-electron chi connectivity index (χ4n) is 2.41. The molecule has 2 aromatic carbocycles. The summed E-state index contributed by atoms with van der Waals surface area (Å²) < 4.78 is 10.2. The van der Waals surface area contributed by atoms with Gasteiger partial charge in [0.1, 0.15) is 5.75 Å². The van der Waals surface area contributed by atoms with Gasteiger partial charge >= 0.3 is 12.0 Å². The largest absolute Gasteiger partial charge is 0.497 e. The molecule has 0 aliphatic rings. The number of rotatable bonds is 7. The molecule has 0 heterocycles. The van der Waals surface area contributed by atoms with Crippen molar-refractivity contribution in [3.8, 4) is 5.75 Å². The van der Waals surface area contributed by atoms with Gasteiger partial charge in [0.15, 0.2) is 0 Å². The standard InChI is InChI=1S/C19H20Cl2N2O4/c1-3-27-18(24)11-16(12-5-4-6-14(9-12)26-2)22-19(25)23-17-10-13(20)7-8-15(17)21/h4-10,16H,3,11H2,1-2H3,(H2,22,23,25). The fourth-order valence-corrected chi connectivity index (χ4v) is 2.74. The van der Waals surface area contributed by atoms with Gasteiger partial charge in [-0.15, -0.1) is 0 Å². The molecule has 0 saturated heterocycles. The van der Waals surface area contributed by atoms with E-state index < -0.39 is 18.0 Å². The van der Waals surface area contributed by atoms with Crippen LogP contribution in [0.4, 0.5) is 10.5 Å². The zero-order valence-corrected chi connectivity index (χ0v) is 16.4. The van der Waals surface area contributed by atoms with Crippen LogP contribution < -0.4 is 15.4 Å². The highest BCUT2D eigenvalue weighted by Gasteiger charge is 2.20. The fraction of sp³-hybridized carbons (Fsp3) is 0.263. The summed E-state index contributed by atoms with van der Waals surface area (Å²) in [6, 6.07) is 10.7. The summed E-state index contributed by atoms with van der Waals surface area (Å²) in [7, 11) is 1.54. The molecule has 0 radical (unpaired) electrons. The van der Waals surface area contributed by atoms with E-state index in [1.807, 2.05) is 0 Å².